The van der Waals surface area contributed by atoms with Gasteiger partial charge in [0.25, 0.3) is 5.69 Å². The van der Waals surface area contributed by atoms with E-state index in [-0.39, 0.29) is 10.6 Å². The molecule has 0 aliphatic carbocycles. The van der Waals surface area contributed by atoms with Gasteiger partial charge < -0.3 is 10.5 Å². The van der Waals surface area contributed by atoms with Crippen molar-refractivity contribution in [1.29, 1.82) is 0 Å². The number of nitro benzene ring substituents is 1. The summed E-state index contributed by atoms with van der Waals surface area (Å²) in [5.74, 6) is 0.647. The molecule has 0 heterocycles. The summed E-state index contributed by atoms with van der Waals surface area (Å²) in [4.78, 5) is 10.4. The minimum atomic E-state index is -0.364. The van der Waals surface area contributed by atoms with Crippen LogP contribution in [0.25, 0.3) is 0 Å². The normalized spacial score (nSPS) is 10.1. The number of methoxy groups -OCH3 is 1. The lowest BCUT2D eigenvalue weighted by Gasteiger charge is -2.05. The Morgan fingerprint density at radius 2 is 2.19 bits per heavy atom. The van der Waals surface area contributed by atoms with Crippen molar-refractivity contribution in [2.45, 2.75) is 19.3 Å². The zero-order chi connectivity index (χ0) is 12.0. The maximum Gasteiger partial charge on any atom is 0.272 e. The summed E-state index contributed by atoms with van der Waals surface area (Å²) in [5, 5.41) is 10.8. The van der Waals surface area contributed by atoms with E-state index >= 15 is 0 Å². The second kappa shape index (κ2) is 6.07. The Bertz CT molecular complexity index is 366. The first-order chi connectivity index (χ1) is 7.69. The molecular weight excluding hydrogens is 208 g/mol. The minimum absolute atomic E-state index is 0.151. The van der Waals surface area contributed by atoms with Crippen molar-refractivity contribution in [3.63, 3.8) is 0 Å². The number of nitro groups is 1. The first-order valence-corrected chi connectivity index (χ1v) is 5.20. The molecule has 0 aliphatic heterocycles. The van der Waals surface area contributed by atoms with Crippen molar-refractivity contribution < 1.29 is 9.66 Å². The molecule has 0 amide bonds. The molecule has 5 heteroatoms. The average Bonchev–Trinajstić information content (AvgIpc) is 2.29. The van der Waals surface area contributed by atoms with Crippen LogP contribution in [-0.4, -0.2) is 18.6 Å². The summed E-state index contributed by atoms with van der Waals surface area (Å²) in [7, 11) is 1.55. The molecule has 1 aromatic rings. The van der Waals surface area contributed by atoms with E-state index in [1.165, 1.54) is 6.07 Å². The summed E-state index contributed by atoms with van der Waals surface area (Å²) >= 11 is 0. The summed E-state index contributed by atoms with van der Waals surface area (Å²) in [6.07, 6.45) is 2.38. The molecule has 0 saturated carbocycles. The van der Waals surface area contributed by atoms with Crippen molar-refractivity contribution in [1.82, 2.24) is 0 Å². The number of hydrogen-bond donors (Lipinski definition) is 1. The fraction of sp³-hybridized carbons (Fsp3) is 0.455. The standard InChI is InChI=1S/C11H16N2O3/c1-16-10-5-6-11(13(14)15)9(8-10)4-2-3-7-12/h5-6,8H,2-4,7,12H2,1H3. The number of benzene rings is 1. The molecule has 0 fully saturated rings. The number of hydrogen-bond acceptors (Lipinski definition) is 4. The van der Waals surface area contributed by atoms with Gasteiger partial charge in [-0.1, -0.05) is 0 Å². The third-order valence-corrected chi connectivity index (χ3v) is 2.38. The van der Waals surface area contributed by atoms with Gasteiger partial charge in [0.2, 0.25) is 0 Å². The summed E-state index contributed by atoms with van der Waals surface area (Å²) in [6.45, 7) is 0.609. The average molecular weight is 224 g/mol. The highest BCUT2D eigenvalue weighted by atomic mass is 16.6. The third-order valence-electron chi connectivity index (χ3n) is 2.38. The Kier molecular flexibility index (Phi) is 4.72. The molecule has 1 rings (SSSR count). The van der Waals surface area contributed by atoms with Gasteiger partial charge in [0.05, 0.1) is 12.0 Å². The molecule has 0 aliphatic rings. The molecule has 0 spiro atoms. The predicted octanol–water partition coefficient (Wildman–Crippen LogP) is 1.88. The molecular formula is C11H16N2O3. The molecule has 0 atom stereocenters. The van der Waals surface area contributed by atoms with Crippen LogP contribution in [0.1, 0.15) is 18.4 Å². The van der Waals surface area contributed by atoms with Crippen LogP contribution in [-0.2, 0) is 6.42 Å². The highest BCUT2D eigenvalue weighted by molar-refractivity contribution is 5.45. The largest absolute Gasteiger partial charge is 0.497 e. The maximum atomic E-state index is 10.8. The van der Waals surface area contributed by atoms with Crippen LogP contribution in [0.15, 0.2) is 18.2 Å². The smallest absolute Gasteiger partial charge is 0.272 e. The Morgan fingerprint density at radius 1 is 1.44 bits per heavy atom. The van der Waals surface area contributed by atoms with Crippen molar-refractivity contribution in [3.05, 3.63) is 33.9 Å². The molecule has 88 valence electrons. The van der Waals surface area contributed by atoms with Gasteiger partial charge in [0, 0.05) is 11.6 Å². The zero-order valence-electron chi connectivity index (χ0n) is 9.31. The van der Waals surface area contributed by atoms with Gasteiger partial charge >= 0.3 is 0 Å². The second-order valence-corrected chi connectivity index (χ2v) is 3.50. The SMILES string of the molecule is COc1ccc([N+](=O)[O-])c(CCCCN)c1. The van der Waals surface area contributed by atoms with Crippen LogP contribution in [0.4, 0.5) is 5.69 Å². The van der Waals surface area contributed by atoms with E-state index in [9.17, 15) is 10.1 Å². The van der Waals surface area contributed by atoms with E-state index < -0.39 is 0 Å². The summed E-state index contributed by atoms with van der Waals surface area (Å²) < 4.78 is 5.05. The number of nitrogens with zero attached hydrogens (tertiary/aromatic N) is 1. The van der Waals surface area contributed by atoms with Gasteiger partial charge in [-0.2, -0.15) is 0 Å². The summed E-state index contributed by atoms with van der Waals surface area (Å²) in [6, 6.07) is 4.80. The Balaban J connectivity index is 2.87. The number of rotatable bonds is 6. The van der Waals surface area contributed by atoms with Crippen LogP contribution in [0.2, 0.25) is 0 Å². The van der Waals surface area contributed by atoms with E-state index in [0.717, 1.165) is 12.8 Å². The van der Waals surface area contributed by atoms with Crippen LogP contribution in [0.5, 0.6) is 5.75 Å². The van der Waals surface area contributed by atoms with Crippen molar-refractivity contribution >= 4 is 5.69 Å². The van der Waals surface area contributed by atoms with Crippen molar-refractivity contribution in [3.8, 4) is 5.75 Å². The van der Waals surface area contributed by atoms with Crippen molar-refractivity contribution in [2.24, 2.45) is 5.73 Å². The molecule has 0 aromatic heterocycles. The number of unbranched alkanes of at least 4 members (excludes halogenated alkanes) is 1. The lowest BCUT2D eigenvalue weighted by atomic mass is 10.1. The van der Waals surface area contributed by atoms with Gasteiger partial charge in [-0.3, -0.25) is 10.1 Å². The van der Waals surface area contributed by atoms with Crippen LogP contribution in [0, 0.1) is 10.1 Å². The predicted molar refractivity (Wildman–Crippen MR) is 61.6 cm³/mol. The van der Waals surface area contributed by atoms with Gasteiger partial charge in [0.1, 0.15) is 5.75 Å². The number of aryl methyl sites for hydroxylation is 1. The first kappa shape index (κ1) is 12.4. The lowest BCUT2D eigenvalue weighted by molar-refractivity contribution is -0.385. The molecule has 0 saturated heterocycles. The summed E-state index contributed by atoms with van der Waals surface area (Å²) in [5.41, 5.74) is 6.25. The van der Waals surface area contributed by atoms with Gasteiger partial charge in [-0.15, -0.1) is 0 Å². The Hall–Kier alpha value is -1.62. The third kappa shape index (κ3) is 3.20. The molecule has 0 radical (unpaired) electrons. The van der Waals surface area contributed by atoms with E-state index in [1.54, 1.807) is 19.2 Å². The number of ether oxygens (including phenoxy) is 1. The highest BCUT2D eigenvalue weighted by Gasteiger charge is 2.13. The van der Waals surface area contributed by atoms with Crippen molar-refractivity contribution in [2.75, 3.05) is 13.7 Å². The number of nitrogens with two attached hydrogens (primary N) is 1. The minimum Gasteiger partial charge on any atom is -0.497 e. The van der Waals surface area contributed by atoms with E-state index in [4.69, 9.17) is 10.5 Å². The molecule has 2 N–H and O–H groups in total. The topological polar surface area (TPSA) is 78.4 Å². The second-order valence-electron chi connectivity index (χ2n) is 3.50. The zero-order valence-corrected chi connectivity index (χ0v) is 9.31. The van der Waals surface area contributed by atoms with Gasteiger partial charge in [-0.05, 0) is 37.9 Å². The maximum absolute atomic E-state index is 10.8. The first-order valence-electron chi connectivity index (χ1n) is 5.20. The molecule has 0 bridgehead atoms. The fourth-order valence-corrected chi connectivity index (χ4v) is 1.53. The van der Waals surface area contributed by atoms with E-state index in [2.05, 4.69) is 0 Å². The van der Waals surface area contributed by atoms with Gasteiger partial charge in [0.15, 0.2) is 0 Å². The van der Waals surface area contributed by atoms with Crippen LogP contribution in [0.3, 0.4) is 0 Å². The molecule has 1 aromatic carbocycles. The van der Waals surface area contributed by atoms with Crippen LogP contribution < -0.4 is 10.5 Å². The van der Waals surface area contributed by atoms with Gasteiger partial charge in [-0.25, -0.2) is 0 Å². The highest BCUT2D eigenvalue weighted by Crippen LogP contribution is 2.25. The molecule has 5 nitrogen and oxygen atoms in total. The molecule has 16 heavy (non-hydrogen) atoms. The monoisotopic (exact) mass is 224 g/mol. The quantitative estimate of drug-likeness (QED) is 0.454. The fourth-order valence-electron chi connectivity index (χ4n) is 1.53. The molecule has 0 unspecified atom stereocenters. The lowest BCUT2D eigenvalue weighted by Crippen LogP contribution is -2.01. The van der Waals surface area contributed by atoms with E-state index in [1.807, 2.05) is 0 Å². The Labute approximate surface area is 94.4 Å². The Morgan fingerprint density at radius 3 is 2.75 bits per heavy atom. The van der Waals surface area contributed by atoms with E-state index in [0.29, 0.717) is 24.3 Å². The van der Waals surface area contributed by atoms with Crippen LogP contribution >= 0.6 is 0 Å².